The summed E-state index contributed by atoms with van der Waals surface area (Å²) in [4.78, 5) is 8.46. The number of aromatic nitrogens is 1. The number of hydrogen-bond acceptors (Lipinski definition) is 4. The molecule has 0 bridgehead atoms. The normalized spacial score (nSPS) is 18.3. The van der Waals surface area contributed by atoms with Gasteiger partial charge in [-0.1, -0.05) is 0 Å². The Morgan fingerprint density at radius 1 is 1.33 bits per heavy atom. The highest BCUT2D eigenvalue weighted by atomic mass is 32.1. The second-order valence-corrected chi connectivity index (χ2v) is 5.37. The third-order valence-electron chi connectivity index (χ3n) is 2.86. The van der Waals surface area contributed by atoms with Crippen molar-refractivity contribution in [1.29, 1.82) is 0 Å². The van der Waals surface area contributed by atoms with E-state index in [2.05, 4.69) is 29.0 Å². The summed E-state index contributed by atoms with van der Waals surface area (Å²) in [6, 6.07) is 0. The molecular formula is C11H19N3S. The van der Waals surface area contributed by atoms with Crippen molar-refractivity contribution in [2.45, 2.75) is 20.3 Å². The maximum atomic E-state index is 4.46. The third kappa shape index (κ3) is 3.00. The molecule has 2 rings (SSSR count). The number of nitrogens with zero attached hydrogens (tertiary/aromatic N) is 2. The minimum atomic E-state index is 1.14. The fraction of sp³-hybridized carbons (Fsp3) is 0.727. The highest BCUT2D eigenvalue weighted by molar-refractivity contribution is 7.11. The van der Waals surface area contributed by atoms with Crippen LogP contribution in [0.5, 0.6) is 0 Å². The number of thiazole rings is 1. The van der Waals surface area contributed by atoms with Crippen LogP contribution in [0.25, 0.3) is 0 Å². The first kappa shape index (κ1) is 11.0. The molecule has 0 atom stereocenters. The van der Waals surface area contributed by atoms with E-state index >= 15 is 0 Å². The van der Waals surface area contributed by atoms with Gasteiger partial charge in [-0.05, 0) is 20.3 Å². The van der Waals surface area contributed by atoms with E-state index in [4.69, 9.17) is 0 Å². The molecule has 1 aromatic heterocycles. The van der Waals surface area contributed by atoms with Gasteiger partial charge in [-0.2, -0.15) is 0 Å². The molecule has 0 aliphatic carbocycles. The lowest BCUT2D eigenvalue weighted by Gasteiger charge is -2.26. The van der Waals surface area contributed by atoms with E-state index < -0.39 is 0 Å². The molecule has 1 aliphatic heterocycles. The summed E-state index contributed by atoms with van der Waals surface area (Å²) in [5.41, 5.74) is 1.23. The van der Waals surface area contributed by atoms with E-state index in [0.717, 1.165) is 19.5 Å². The van der Waals surface area contributed by atoms with Crippen molar-refractivity contribution in [2.24, 2.45) is 0 Å². The largest absolute Gasteiger partial charge is 0.314 e. The number of hydrogen-bond donors (Lipinski definition) is 1. The van der Waals surface area contributed by atoms with E-state index in [0.29, 0.717) is 0 Å². The molecule has 1 saturated heterocycles. The second kappa shape index (κ2) is 5.05. The first-order valence-electron chi connectivity index (χ1n) is 5.61. The van der Waals surface area contributed by atoms with E-state index in [1.807, 2.05) is 11.3 Å². The van der Waals surface area contributed by atoms with Crippen molar-refractivity contribution in [3.05, 3.63) is 15.6 Å². The second-order valence-electron chi connectivity index (χ2n) is 4.08. The zero-order valence-electron chi connectivity index (χ0n) is 9.55. The molecule has 15 heavy (non-hydrogen) atoms. The SMILES string of the molecule is Cc1nc(C)c(CCN2CCNCC2)s1. The van der Waals surface area contributed by atoms with Crippen LogP contribution in [0.15, 0.2) is 0 Å². The molecule has 4 heteroatoms. The van der Waals surface area contributed by atoms with Crippen LogP contribution < -0.4 is 5.32 Å². The predicted octanol–water partition coefficient (Wildman–Crippen LogP) is 1.21. The summed E-state index contributed by atoms with van der Waals surface area (Å²) in [5.74, 6) is 0. The average molecular weight is 225 g/mol. The van der Waals surface area contributed by atoms with Crippen molar-refractivity contribution >= 4 is 11.3 Å². The number of aryl methyl sites for hydroxylation is 2. The van der Waals surface area contributed by atoms with Gasteiger partial charge in [-0.3, -0.25) is 0 Å². The van der Waals surface area contributed by atoms with Crippen LogP contribution in [0.1, 0.15) is 15.6 Å². The first-order valence-corrected chi connectivity index (χ1v) is 6.43. The lowest BCUT2D eigenvalue weighted by atomic mass is 10.2. The van der Waals surface area contributed by atoms with E-state index in [1.165, 1.54) is 35.2 Å². The number of rotatable bonds is 3. The summed E-state index contributed by atoms with van der Waals surface area (Å²) in [6.07, 6.45) is 1.16. The Morgan fingerprint density at radius 2 is 2.07 bits per heavy atom. The minimum absolute atomic E-state index is 1.14. The minimum Gasteiger partial charge on any atom is -0.314 e. The van der Waals surface area contributed by atoms with Gasteiger partial charge < -0.3 is 10.2 Å². The highest BCUT2D eigenvalue weighted by Gasteiger charge is 2.11. The number of nitrogens with one attached hydrogen (secondary N) is 1. The van der Waals surface area contributed by atoms with Gasteiger partial charge in [-0.25, -0.2) is 4.98 Å². The molecule has 0 spiro atoms. The maximum Gasteiger partial charge on any atom is 0.0900 e. The molecule has 1 N–H and O–H groups in total. The monoisotopic (exact) mass is 225 g/mol. The smallest absolute Gasteiger partial charge is 0.0900 e. The van der Waals surface area contributed by atoms with Crippen LogP contribution in [-0.2, 0) is 6.42 Å². The van der Waals surface area contributed by atoms with Gasteiger partial charge in [0.2, 0.25) is 0 Å². The quantitative estimate of drug-likeness (QED) is 0.838. The molecule has 0 unspecified atom stereocenters. The molecule has 84 valence electrons. The first-order chi connectivity index (χ1) is 7.25. The van der Waals surface area contributed by atoms with Crippen LogP contribution in [0.3, 0.4) is 0 Å². The maximum absolute atomic E-state index is 4.46. The van der Waals surface area contributed by atoms with Crippen molar-refractivity contribution in [2.75, 3.05) is 32.7 Å². The highest BCUT2D eigenvalue weighted by Crippen LogP contribution is 2.17. The molecule has 1 fully saturated rings. The van der Waals surface area contributed by atoms with Gasteiger partial charge in [0.15, 0.2) is 0 Å². The van der Waals surface area contributed by atoms with E-state index in [9.17, 15) is 0 Å². The van der Waals surface area contributed by atoms with Gasteiger partial charge in [0.05, 0.1) is 10.7 Å². The molecule has 3 nitrogen and oxygen atoms in total. The Balaban J connectivity index is 1.84. The average Bonchev–Trinajstić information content (AvgIpc) is 2.56. The lowest BCUT2D eigenvalue weighted by molar-refractivity contribution is 0.244. The van der Waals surface area contributed by atoms with Crippen LogP contribution in [0, 0.1) is 13.8 Å². The van der Waals surface area contributed by atoms with E-state index in [1.54, 1.807) is 0 Å². The fourth-order valence-electron chi connectivity index (χ4n) is 2.00. The zero-order chi connectivity index (χ0) is 10.7. The Hall–Kier alpha value is -0.450. The van der Waals surface area contributed by atoms with Crippen LogP contribution in [0.2, 0.25) is 0 Å². The van der Waals surface area contributed by atoms with Gasteiger partial charge in [0, 0.05) is 37.6 Å². The van der Waals surface area contributed by atoms with Gasteiger partial charge in [0.25, 0.3) is 0 Å². The summed E-state index contributed by atoms with van der Waals surface area (Å²) >= 11 is 1.85. The summed E-state index contributed by atoms with van der Waals surface area (Å²) < 4.78 is 0. The van der Waals surface area contributed by atoms with Crippen molar-refractivity contribution in [3.63, 3.8) is 0 Å². The molecule has 1 aromatic rings. The topological polar surface area (TPSA) is 28.2 Å². The molecule has 0 radical (unpaired) electrons. The molecule has 0 saturated carbocycles. The molecule has 1 aliphatic rings. The Morgan fingerprint density at radius 3 is 2.67 bits per heavy atom. The standard InChI is InChI=1S/C11H19N3S/c1-9-11(15-10(2)13-9)3-6-14-7-4-12-5-8-14/h12H,3-8H2,1-2H3. The van der Waals surface area contributed by atoms with Crippen LogP contribution in [-0.4, -0.2) is 42.6 Å². The summed E-state index contributed by atoms with van der Waals surface area (Å²) in [5, 5.41) is 4.57. The zero-order valence-corrected chi connectivity index (χ0v) is 10.4. The summed E-state index contributed by atoms with van der Waals surface area (Å²) in [6.45, 7) is 10.1. The van der Waals surface area contributed by atoms with Gasteiger partial charge >= 0.3 is 0 Å². The predicted molar refractivity (Wildman–Crippen MR) is 64.6 cm³/mol. The van der Waals surface area contributed by atoms with Crippen LogP contribution in [0.4, 0.5) is 0 Å². The Labute approximate surface area is 95.5 Å². The Bertz CT molecular complexity index is 316. The lowest BCUT2D eigenvalue weighted by Crippen LogP contribution is -2.44. The van der Waals surface area contributed by atoms with Crippen molar-refractivity contribution in [3.8, 4) is 0 Å². The third-order valence-corrected chi connectivity index (χ3v) is 4.00. The fourth-order valence-corrected chi connectivity index (χ4v) is 2.93. The molecule has 0 aromatic carbocycles. The molecule has 0 amide bonds. The Kier molecular flexibility index (Phi) is 3.72. The summed E-state index contributed by atoms with van der Waals surface area (Å²) in [7, 11) is 0. The van der Waals surface area contributed by atoms with Gasteiger partial charge in [0.1, 0.15) is 0 Å². The van der Waals surface area contributed by atoms with Crippen molar-refractivity contribution < 1.29 is 0 Å². The van der Waals surface area contributed by atoms with Crippen LogP contribution >= 0.6 is 11.3 Å². The van der Waals surface area contributed by atoms with Crippen molar-refractivity contribution in [1.82, 2.24) is 15.2 Å². The molecular weight excluding hydrogens is 206 g/mol. The number of piperazine rings is 1. The van der Waals surface area contributed by atoms with E-state index in [-0.39, 0.29) is 0 Å². The molecule has 2 heterocycles. The van der Waals surface area contributed by atoms with Gasteiger partial charge in [-0.15, -0.1) is 11.3 Å².